The highest BCUT2D eigenvalue weighted by molar-refractivity contribution is 6.44. The lowest BCUT2D eigenvalue weighted by atomic mass is 10.0. The number of aromatic amines is 2. The Balaban J connectivity index is 1.47. The van der Waals surface area contributed by atoms with E-state index in [4.69, 9.17) is 0 Å². The van der Waals surface area contributed by atoms with E-state index in [0.29, 0.717) is 18.7 Å². The van der Waals surface area contributed by atoms with Crippen molar-refractivity contribution in [2.24, 2.45) is 0 Å². The molecular weight excluding hydrogens is 326 g/mol. The molecule has 1 aliphatic rings. The maximum atomic E-state index is 12.9. The minimum absolute atomic E-state index is 0.439. The molecule has 4 aromatic rings. The molecule has 26 heavy (non-hydrogen) atoms. The zero-order valence-corrected chi connectivity index (χ0v) is 14.1. The fourth-order valence-corrected chi connectivity index (χ4v) is 3.86. The van der Waals surface area contributed by atoms with E-state index >= 15 is 0 Å². The van der Waals surface area contributed by atoms with Crippen molar-refractivity contribution >= 4 is 33.5 Å². The highest BCUT2D eigenvalue weighted by Gasteiger charge is 2.29. The van der Waals surface area contributed by atoms with Crippen LogP contribution < -0.4 is 0 Å². The molecule has 0 fully saturated rings. The van der Waals surface area contributed by atoms with E-state index in [1.807, 2.05) is 42.5 Å². The number of aromatic nitrogens is 2. The van der Waals surface area contributed by atoms with Crippen LogP contribution in [0.2, 0.25) is 0 Å². The van der Waals surface area contributed by atoms with E-state index in [0.717, 1.165) is 39.5 Å². The fourth-order valence-electron chi connectivity index (χ4n) is 3.86. The molecule has 0 radical (unpaired) electrons. The summed E-state index contributed by atoms with van der Waals surface area (Å²) in [6.45, 7) is 1.01. The monoisotopic (exact) mass is 343 g/mol. The smallest absolute Gasteiger partial charge is 0.295 e. The third-order valence-corrected chi connectivity index (χ3v) is 5.20. The maximum absolute atomic E-state index is 12.9. The van der Waals surface area contributed by atoms with E-state index < -0.39 is 11.7 Å². The van der Waals surface area contributed by atoms with Crippen LogP contribution in [0, 0.1) is 0 Å². The van der Waals surface area contributed by atoms with E-state index in [9.17, 15) is 9.59 Å². The molecular formula is C21H17N3O2. The van der Waals surface area contributed by atoms with Crippen molar-refractivity contribution in [1.82, 2.24) is 14.9 Å². The number of amides is 1. The Kier molecular flexibility index (Phi) is 3.22. The van der Waals surface area contributed by atoms with Crippen molar-refractivity contribution in [2.75, 3.05) is 6.54 Å². The van der Waals surface area contributed by atoms with Crippen LogP contribution in [0.3, 0.4) is 0 Å². The molecule has 5 nitrogen and oxygen atoms in total. The van der Waals surface area contributed by atoms with Gasteiger partial charge in [-0.25, -0.2) is 0 Å². The van der Waals surface area contributed by atoms with E-state index in [-0.39, 0.29) is 0 Å². The van der Waals surface area contributed by atoms with Gasteiger partial charge in [-0.2, -0.15) is 0 Å². The Bertz CT molecular complexity index is 1170. The van der Waals surface area contributed by atoms with Crippen molar-refractivity contribution in [2.45, 2.75) is 13.0 Å². The molecule has 2 N–H and O–H groups in total. The Morgan fingerprint density at radius 2 is 1.65 bits per heavy atom. The zero-order valence-electron chi connectivity index (χ0n) is 14.1. The molecule has 0 atom stereocenters. The lowest BCUT2D eigenvalue weighted by molar-refractivity contribution is -0.127. The number of Topliss-reactive ketones (excluding diaryl/α,β-unsaturated/α-hetero) is 1. The van der Waals surface area contributed by atoms with Gasteiger partial charge in [0.25, 0.3) is 11.7 Å². The molecule has 0 aliphatic carbocycles. The first kappa shape index (κ1) is 15.0. The van der Waals surface area contributed by atoms with Gasteiger partial charge in [0.1, 0.15) is 0 Å². The van der Waals surface area contributed by atoms with Crippen LogP contribution in [-0.2, 0) is 17.8 Å². The van der Waals surface area contributed by atoms with Gasteiger partial charge in [-0.15, -0.1) is 0 Å². The first-order chi connectivity index (χ1) is 12.7. The highest BCUT2D eigenvalue weighted by atomic mass is 16.2. The van der Waals surface area contributed by atoms with Crippen molar-refractivity contribution in [1.29, 1.82) is 0 Å². The summed E-state index contributed by atoms with van der Waals surface area (Å²) in [6, 6.07) is 15.6. The molecule has 0 saturated carbocycles. The van der Waals surface area contributed by atoms with Crippen LogP contribution in [0.1, 0.15) is 21.6 Å². The number of nitrogens with one attached hydrogen (secondary N) is 2. The summed E-state index contributed by atoms with van der Waals surface area (Å²) in [7, 11) is 0. The summed E-state index contributed by atoms with van der Waals surface area (Å²) in [5.74, 6) is -0.892. The largest absolute Gasteiger partial charge is 0.360 e. The van der Waals surface area contributed by atoms with E-state index in [2.05, 4.69) is 16.0 Å². The standard InChI is InChI=1S/C21H17N3O2/c25-20(15-11-22-17-7-3-1-5-13(15)17)21(26)24-10-9-19-16(12-24)14-6-2-4-8-18(14)23-19/h1-8,11,22-23H,9-10,12H2. The molecule has 0 saturated heterocycles. The van der Waals surface area contributed by atoms with Crippen LogP contribution in [0.15, 0.2) is 54.7 Å². The van der Waals surface area contributed by atoms with E-state index in [1.165, 1.54) is 0 Å². The Labute approximate surface area is 149 Å². The van der Waals surface area contributed by atoms with Gasteiger partial charge in [0.05, 0.1) is 5.56 Å². The first-order valence-electron chi connectivity index (χ1n) is 8.70. The third-order valence-electron chi connectivity index (χ3n) is 5.20. The normalized spacial score (nSPS) is 13.9. The molecule has 3 heterocycles. The predicted octanol–water partition coefficient (Wildman–Crippen LogP) is 3.42. The van der Waals surface area contributed by atoms with Crippen molar-refractivity contribution in [3.8, 4) is 0 Å². The number of fused-ring (bicyclic) bond motifs is 4. The number of H-pyrrole nitrogens is 2. The summed E-state index contributed by atoms with van der Waals surface area (Å²) in [6.07, 6.45) is 2.36. The van der Waals surface area contributed by atoms with Crippen molar-refractivity contribution in [3.05, 3.63) is 71.5 Å². The second-order valence-corrected chi connectivity index (χ2v) is 6.68. The first-order valence-corrected chi connectivity index (χ1v) is 8.70. The Morgan fingerprint density at radius 1 is 0.923 bits per heavy atom. The van der Waals surface area contributed by atoms with Crippen LogP contribution in [-0.4, -0.2) is 33.1 Å². The van der Waals surface area contributed by atoms with Crippen molar-refractivity contribution in [3.63, 3.8) is 0 Å². The Morgan fingerprint density at radius 3 is 2.50 bits per heavy atom. The van der Waals surface area contributed by atoms with Gasteiger partial charge in [-0.3, -0.25) is 9.59 Å². The van der Waals surface area contributed by atoms with Gasteiger partial charge >= 0.3 is 0 Å². The molecule has 1 amide bonds. The minimum Gasteiger partial charge on any atom is -0.360 e. The van der Waals surface area contributed by atoms with Gasteiger partial charge < -0.3 is 14.9 Å². The summed E-state index contributed by atoms with van der Waals surface area (Å²) in [4.78, 5) is 33.8. The summed E-state index contributed by atoms with van der Waals surface area (Å²) in [5, 5.41) is 1.91. The number of hydrogen-bond donors (Lipinski definition) is 2. The number of carbonyl (C=O) groups is 2. The van der Waals surface area contributed by atoms with Gasteiger partial charge in [0, 0.05) is 58.8 Å². The lowest BCUT2D eigenvalue weighted by Crippen LogP contribution is -2.40. The molecule has 1 aliphatic heterocycles. The second-order valence-electron chi connectivity index (χ2n) is 6.68. The van der Waals surface area contributed by atoms with Gasteiger partial charge in [-0.05, 0) is 12.1 Å². The van der Waals surface area contributed by atoms with Crippen molar-refractivity contribution < 1.29 is 9.59 Å². The van der Waals surface area contributed by atoms with Gasteiger partial charge in [-0.1, -0.05) is 36.4 Å². The predicted molar refractivity (Wildman–Crippen MR) is 100 cm³/mol. The average molecular weight is 343 g/mol. The molecule has 0 spiro atoms. The number of rotatable bonds is 2. The molecule has 5 heteroatoms. The molecule has 0 unspecified atom stereocenters. The Hall–Kier alpha value is -3.34. The summed E-state index contributed by atoms with van der Waals surface area (Å²) in [5.41, 5.74) is 4.66. The van der Waals surface area contributed by atoms with Crippen LogP contribution >= 0.6 is 0 Å². The summed E-state index contributed by atoms with van der Waals surface area (Å²) >= 11 is 0. The number of para-hydroxylation sites is 2. The van der Waals surface area contributed by atoms with E-state index in [1.54, 1.807) is 11.1 Å². The van der Waals surface area contributed by atoms with Gasteiger partial charge in [0.2, 0.25) is 0 Å². The topological polar surface area (TPSA) is 69.0 Å². The third kappa shape index (κ3) is 2.17. The number of carbonyl (C=O) groups excluding carboxylic acids is 2. The molecule has 5 rings (SSSR count). The highest BCUT2D eigenvalue weighted by Crippen LogP contribution is 2.28. The second kappa shape index (κ2) is 5.59. The molecule has 2 aromatic heterocycles. The van der Waals surface area contributed by atoms with Crippen LogP contribution in [0.25, 0.3) is 21.8 Å². The maximum Gasteiger partial charge on any atom is 0.295 e. The number of benzene rings is 2. The number of nitrogens with zero attached hydrogens (tertiary/aromatic N) is 1. The molecule has 0 bridgehead atoms. The average Bonchev–Trinajstić information content (AvgIpc) is 3.27. The SMILES string of the molecule is O=C(C(=O)N1CCc2[nH]c3ccccc3c2C1)c1c[nH]c2ccccc12. The number of ketones is 1. The van der Waals surface area contributed by atoms with Gasteiger partial charge in [0.15, 0.2) is 0 Å². The number of hydrogen-bond acceptors (Lipinski definition) is 2. The quantitative estimate of drug-likeness (QED) is 0.432. The lowest BCUT2D eigenvalue weighted by Gasteiger charge is -2.26. The van der Waals surface area contributed by atoms with Crippen LogP contribution in [0.4, 0.5) is 0 Å². The van der Waals surface area contributed by atoms with Crippen LogP contribution in [0.5, 0.6) is 0 Å². The molecule has 2 aromatic carbocycles. The fraction of sp³-hybridized carbons (Fsp3) is 0.143. The molecule has 128 valence electrons. The summed E-state index contributed by atoms with van der Waals surface area (Å²) < 4.78 is 0. The minimum atomic E-state index is -0.453. The zero-order chi connectivity index (χ0) is 17.7.